The van der Waals surface area contributed by atoms with Gasteiger partial charge in [0.15, 0.2) is 24.1 Å². The van der Waals surface area contributed by atoms with E-state index >= 15 is 0 Å². The van der Waals surface area contributed by atoms with Crippen LogP contribution in [0, 0.1) is 17.8 Å². The van der Waals surface area contributed by atoms with Crippen LogP contribution >= 0.6 is 0 Å². The molecule has 3 rings (SSSR count). The van der Waals surface area contributed by atoms with E-state index in [9.17, 15) is 50.8 Å². The number of hydrogen-bond donors (Lipinski definition) is 11. The number of ether oxygens (including phenoxy) is 4. The lowest BCUT2D eigenvalue weighted by atomic mass is 9.81. The molecule has 0 saturated carbocycles. The Balaban J connectivity index is 1.95. The maximum absolute atomic E-state index is 13.8. The van der Waals surface area contributed by atoms with Crippen LogP contribution in [-0.2, 0) is 23.7 Å². The lowest BCUT2D eigenvalue weighted by Gasteiger charge is -2.48. The van der Waals surface area contributed by atoms with Gasteiger partial charge in [0.05, 0.1) is 55.2 Å². The molecule has 10 unspecified atom stereocenters. The molecule has 0 aromatic rings. The van der Waals surface area contributed by atoms with E-state index in [1.807, 2.05) is 13.8 Å². The number of nitrogens with two attached hydrogens (primary N) is 1. The molecule has 15 atom stereocenters. The van der Waals surface area contributed by atoms with Crippen LogP contribution in [-0.4, -0.2) is 144 Å². The minimum Gasteiger partial charge on any atom is -0.393 e. The van der Waals surface area contributed by atoms with Crippen molar-refractivity contribution in [1.29, 1.82) is 0 Å². The topological polar surface area (TPSA) is 274 Å². The molecule has 3 aliphatic rings. The number of aliphatic hydroxyl groups is 9. The predicted molar refractivity (Wildman–Crippen MR) is 159 cm³/mol. The molecule has 3 heterocycles. The largest absolute Gasteiger partial charge is 0.393 e. The first-order valence-electron chi connectivity index (χ1n) is 15.8. The van der Waals surface area contributed by atoms with E-state index in [0.717, 1.165) is 0 Å². The molecule has 12 N–H and O–H groups in total. The first-order chi connectivity index (χ1) is 21.3. The van der Waals surface area contributed by atoms with Crippen LogP contribution in [0.15, 0.2) is 12.2 Å². The number of nitrogens with one attached hydrogen (secondary N) is 1. The summed E-state index contributed by atoms with van der Waals surface area (Å²) in [5.41, 5.74) is 3.62. The third-order valence-electron chi connectivity index (χ3n) is 8.89. The van der Waals surface area contributed by atoms with E-state index in [2.05, 4.69) is 5.32 Å². The van der Waals surface area contributed by atoms with Crippen molar-refractivity contribution in [1.82, 2.24) is 5.32 Å². The third-order valence-corrected chi connectivity index (χ3v) is 8.89. The van der Waals surface area contributed by atoms with Gasteiger partial charge in [-0.25, -0.2) is 0 Å². The average Bonchev–Trinajstić information content (AvgIpc) is 2.94. The molecule has 0 aliphatic carbocycles. The van der Waals surface area contributed by atoms with Crippen molar-refractivity contribution in [3.63, 3.8) is 0 Å². The smallest absolute Gasteiger partial charge is 0.230 e. The van der Waals surface area contributed by atoms with E-state index in [-0.39, 0.29) is 24.7 Å². The van der Waals surface area contributed by atoms with E-state index in [1.165, 1.54) is 0 Å². The molecule has 3 aliphatic heterocycles. The fourth-order valence-corrected chi connectivity index (χ4v) is 5.99. The Bertz CT molecular complexity index is 1020. The lowest BCUT2D eigenvalue weighted by molar-refractivity contribution is -0.309. The summed E-state index contributed by atoms with van der Waals surface area (Å²) in [6.07, 6.45) is -12.8. The summed E-state index contributed by atoms with van der Waals surface area (Å²) in [6, 6.07) is -1.09. The molecular formula is C30H54N2O14. The highest BCUT2D eigenvalue weighted by atomic mass is 16.7. The molecule has 3 saturated heterocycles. The standard InChI is InChI=1S/C30H54N2O14/c1-13(2)6-7-16(44-28-25(38)23(31)24(37)15(5)43-28)8-20-22(18(35)10-29(41,46-20)9-17(34)14(3)4)26(39)32-30(42)11-19(36)27(40)45-21(30)12-33/h6-7,13-25,27-28,33-38,40-42H,8-12,31H2,1-5H3,(H,32,39)/b7-6+/t15?,16-,17+,18-,19?,20?,21?,22+,23?,24?,25?,27?,28?,29+,30?/m0/s1. The number of allylic oxidation sites excluding steroid dienone is 1. The van der Waals surface area contributed by atoms with Gasteiger partial charge in [-0.15, -0.1) is 0 Å². The Morgan fingerprint density at radius 1 is 1.02 bits per heavy atom. The SMILES string of the molecule is CC(C)/C=C/[C@@H](CC1O[C@](O)(C[C@@H](O)C(C)C)C[C@H](O)[C@H]1C(=O)NC1(O)CC(O)C(O)OC1CO)OC1OC(C)C(O)C(N)C1O. The van der Waals surface area contributed by atoms with Gasteiger partial charge in [0.25, 0.3) is 0 Å². The van der Waals surface area contributed by atoms with Crippen molar-refractivity contribution in [3.05, 3.63) is 12.2 Å². The first kappa shape index (κ1) is 39.1. The maximum atomic E-state index is 13.8. The molecule has 46 heavy (non-hydrogen) atoms. The molecule has 0 aromatic heterocycles. The fraction of sp³-hybridized carbons (Fsp3) is 0.900. The van der Waals surface area contributed by atoms with Gasteiger partial charge in [-0.1, -0.05) is 39.8 Å². The van der Waals surface area contributed by atoms with E-state index in [1.54, 1.807) is 32.9 Å². The molecule has 0 bridgehead atoms. The summed E-state index contributed by atoms with van der Waals surface area (Å²) in [6.45, 7) is 7.97. The number of carbonyl (C=O) groups excluding carboxylic acids is 1. The van der Waals surface area contributed by atoms with Crippen LogP contribution in [0.4, 0.5) is 0 Å². The van der Waals surface area contributed by atoms with Gasteiger partial charge in [0, 0.05) is 25.7 Å². The summed E-state index contributed by atoms with van der Waals surface area (Å²) in [7, 11) is 0. The second-order valence-electron chi connectivity index (χ2n) is 13.6. The number of hydrogen-bond acceptors (Lipinski definition) is 15. The lowest BCUT2D eigenvalue weighted by Crippen LogP contribution is -2.68. The van der Waals surface area contributed by atoms with E-state index in [0.29, 0.717) is 0 Å². The minimum absolute atomic E-state index is 0.0270. The summed E-state index contributed by atoms with van der Waals surface area (Å²) in [5, 5.41) is 97.5. The van der Waals surface area contributed by atoms with E-state index < -0.39 is 116 Å². The van der Waals surface area contributed by atoms with Crippen molar-refractivity contribution in [2.24, 2.45) is 23.5 Å². The summed E-state index contributed by atoms with van der Waals surface area (Å²) in [5.74, 6) is -4.81. The van der Waals surface area contributed by atoms with Crippen molar-refractivity contribution in [2.75, 3.05) is 6.61 Å². The third kappa shape index (κ3) is 9.41. The Morgan fingerprint density at radius 3 is 2.26 bits per heavy atom. The van der Waals surface area contributed by atoms with Crippen LogP contribution in [0.2, 0.25) is 0 Å². The zero-order valence-corrected chi connectivity index (χ0v) is 27.0. The monoisotopic (exact) mass is 666 g/mol. The molecule has 0 spiro atoms. The van der Waals surface area contributed by atoms with Gasteiger partial charge in [-0.05, 0) is 18.8 Å². The Morgan fingerprint density at radius 2 is 1.67 bits per heavy atom. The molecule has 0 radical (unpaired) electrons. The zero-order valence-electron chi connectivity index (χ0n) is 27.0. The maximum Gasteiger partial charge on any atom is 0.230 e. The van der Waals surface area contributed by atoms with Gasteiger partial charge in [-0.2, -0.15) is 0 Å². The quantitative estimate of drug-likeness (QED) is 0.0727. The molecule has 0 aromatic carbocycles. The molecule has 16 nitrogen and oxygen atoms in total. The van der Waals surface area contributed by atoms with E-state index in [4.69, 9.17) is 24.7 Å². The average molecular weight is 667 g/mol. The zero-order chi connectivity index (χ0) is 34.7. The van der Waals surface area contributed by atoms with Crippen LogP contribution in [0.25, 0.3) is 0 Å². The number of rotatable bonds is 12. The highest BCUT2D eigenvalue weighted by molar-refractivity contribution is 5.80. The van der Waals surface area contributed by atoms with Crippen LogP contribution < -0.4 is 11.1 Å². The predicted octanol–water partition coefficient (Wildman–Crippen LogP) is -3.11. The molecule has 268 valence electrons. The van der Waals surface area contributed by atoms with Crippen molar-refractivity contribution in [2.45, 2.75) is 145 Å². The normalized spacial score (nSPS) is 43.6. The number of amides is 1. The van der Waals surface area contributed by atoms with Crippen LogP contribution in [0.1, 0.15) is 60.3 Å². The first-order valence-corrected chi connectivity index (χ1v) is 15.8. The highest BCUT2D eigenvalue weighted by Crippen LogP contribution is 2.39. The highest BCUT2D eigenvalue weighted by Gasteiger charge is 2.54. The summed E-state index contributed by atoms with van der Waals surface area (Å²) < 4.78 is 22.9. The van der Waals surface area contributed by atoms with Crippen LogP contribution in [0.3, 0.4) is 0 Å². The minimum atomic E-state index is -2.36. The summed E-state index contributed by atoms with van der Waals surface area (Å²) in [4.78, 5) is 13.8. The second kappa shape index (κ2) is 15.9. The number of aliphatic hydroxyl groups excluding tert-OH is 7. The Labute approximate surface area is 268 Å². The Hall–Kier alpha value is -1.35. The van der Waals surface area contributed by atoms with Gasteiger partial charge < -0.3 is 76.0 Å². The van der Waals surface area contributed by atoms with Crippen LogP contribution in [0.5, 0.6) is 0 Å². The van der Waals surface area contributed by atoms with Crippen molar-refractivity contribution in [3.8, 4) is 0 Å². The second-order valence-corrected chi connectivity index (χ2v) is 13.6. The fourth-order valence-electron chi connectivity index (χ4n) is 5.99. The van der Waals surface area contributed by atoms with Gasteiger partial charge in [-0.3, -0.25) is 4.79 Å². The summed E-state index contributed by atoms with van der Waals surface area (Å²) >= 11 is 0. The van der Waals surface area contributed by atoms with Gasteiger partial charge in [0.1, 0.15) is 18.3 Å². The van der Waals surface area contributed by atoms with Gasteiger partial charge in [0.2, 0.25) is 5.91 Å². The van der Waals surface area contributed by atoms with Crippen molar-refractivity contribution < 1.29 is 69.7 Å². The van der Waals surface area contributed by atoms with Crippen molar-refractivity contribution >= 4 is 5.91 Å². The molecule has 3 fully saturated rings. The number of carbonyl (C=O) groups is 1. The van der Waals surface area contributed by atoms with Gasteiger partial charge >= 0.3 is 0 Å². The Kier molecular flexibility index (Phi) is 13.5. The molecule has 16 heteroatoms. The molecule has 1 amide bonds. The molecular weight excluding hydrogens is 612 g/mol.